The highest BCUT2D eigenvalue weighted by atomic mass is 32.2. The van der Waals surface area contributed by atoms with Gasteiger partial charge in [0.05, 0.1) is 0 Å². The average Bonchev–Trinajstić information content (AvgIpc) is 2.65. The molecule has 0 spiro atoms. The summed E-state index contributed by atoms with van der Waals surface area (Å²) in [5.41, 5.74) is -2.11. The largest absolute Gasteiger partial charge is 0.297 e. The van der Waals surface area contributed by atoms with Crippen LogP contribution in [0.25, 0.3) is 0 Å². The van der Waals surface area contributed by atoms with Gasteiger partial charge in [0.25, 0.3) is 10.1 Å². The van der Waals surface area contributed by atoms with Crippen LogP contribution in [0.4, 0.5) is 4.39 Å². The molecule has 0 aliphatic carbocycles. The maximum Gasteiger partial charge on any atom is 0.297 e. The van der Waals surface area contributed by atoms with Crippen molar-refractivity contribution in [2.45, 2.75) is 147 Å². The molecule has 0 aromatic rings. The zero-order chi connectivity index (χ0) is 20.9. The van der Waals surface area contributed by atoms with E-state index in [2.05, 4.69) is 6.92 Å². The van der Waals surface area contributed by atoms with Crippen molar-refractivity contribution in [3.63, 3.8) is 0 Å². The van der Waals surface area contributed by atoms with Gasteiger partial charge in [-0.15, -0.1) is 0 Å². The Hall–Kier alpha value is -0.160. The topological polar surface area (TPSA) is 54.4 Å². The van der Waals surface area contributed by atoms with Crippen LogP contribution in [-0.2, 0) is 10.1 Å². The summed E-state index contributed by atoms with van der Waals surface area (Å²) in [4.78, 5) is 0. The van der Waals surface area contributed by atoms with Gasteiger partial charge in [0.1, 0.15) is 0 Å². The fourth-order valence-electron chi connectivity index (χ4n) is 3.71. The molecule has 3 nitrogen and oxygen atoms in total. The van der Waals surface area contributed by atoms with Crippen molar-refractivity contribution in [3.8, 4) is 0 Å². The molecule has 1 N–H and O–H groups in total. The number of unbranched alkanes of at least 4 members (excludes halogenated alkanes) is 19. The van der Waals surface area contributed by atoms with E-state index in [-0.39, 0.29) is 6.42 Å². The van der Waals surface area contributed by atoms with Gasteiger partial charge in [0, 0.05) is 0 Å². The summed E-state index contributed by atoms with van der Waals surface area (Å²) >= 11 is 0. The predicted molar refractivity (Wildman–Crippen MR) is 119 cm³/mol. The van der Waals surface area contributed by atoms with Crippen molar-refractivity contribution in [3.05, 3.63) is 0 Å². The van der Waals surface area contributed by atoms with E-state index >= 15 is 0 Å². The molecule has 0 aliphatic heterocycles. The molecular formula is C23H47FO3S. The Morgan fingerprint density at radius 2 is 0.821 bits per heavy atom. The van der Waals surface area contributed by atoms with Crippen molar-refractivity contribution in [1.29, 1.82) is 0 Å². The van der Waals surface area contributed by atoms with Gasteiger partial charge < -0.3 is 0 Å². The van der Waals surface area contributed by atoms with Gasteiger partial charge in [0.15, 0.2) is 0 Å². The van der Waals surface area contributed by atoms with Crippen LogP contribution in [0.1, 0.15) is 142 Å². The highest BCUT2D eigenvalue weighted by Crippen LogP contribution is 2.16. The van der Waals surface area contributed by atoms with Crippen molar-refractivity contribution in [2.75, 3.05) is 0 Å². The van der Waals surface area contributed by atoms with E-state index in [4.69, 9.17) is 4.55 Å². The lowest BCUT2D eigenvalue weighted by molar-refractivity contribution is 0.349. The molecule has 170 valence electrons. The summed E-state index contributed by atoms with van der Waals surface area (Å²) in [6.07, 6.45) is 25.4. The summed E-state index contributed by atoms with van der Waals surface area (Å²) in [5.74, 6) is 0. The van der Waals surface area contributed by atoms with Crippen LogP contribution in [0, 0.1) is 0 Å². The lowest BCUT2D eigenvalue weighted by Crippen LogP contribution is -2.14. The first-order valence-corrected chi connectivity index (χ1v) is 13.6. The number of rotatable bonds is 22. The van der Waals surface area contributed by atoms with Crippen LogP contribution in [-0.4, -0.2) is 18.5 Å². The van der Waals surface area contributed by atoms with E-state index in [1.54, 1.807) is 0 Å². The van der Waals surface area contributed by atoms with Crippen molar-refractivity contribution in [2.24, 2.45) is 0 Å². The maximum absolute atomic E-state index is 13.0. The van der Waals surface area contributed by atoms with E-state index in [1.165, 1.54) is 103 Å². The fraction of sp³-hybridized carbons (Fsp3) is 1.00. The summed E-state index contributed by atoms with van der Waals surface area (Å²) < 4.78 is 42.6. The Balaban J connectivity index is 3.11. The van der Waals surface area contributed by atoms with E-state index < -0.39 is 15.6 Å². The van der Waals surface area contributed by atoms with Crippen molar-refractivity contribution in [1.82, 2.24) is 0 Å². The highest BCUT2D eigenvalue weighted by molar-refractivity contribution is 7.86. The molecule has 0 heterocycles. The Morgan fingerprint density at radius 3 is 1.07 bits per heavy atom. The van der Waals surface area contributed by atoms with Crippen LogP contribution in [0.2, 0.25) is 0 Å². The molecule has 0 amide bonds. The normalized spacial score (nSPS) is 13.1. The summed E-state index contributed by atoms with van der Waals surface area (Å²) in [5, 5.41) is 0. The quantitative estimate of drug-likeness (QED) is 0.141. The SMILES string of the molecule is CCCCCCCCCCCCCCCCCCCCCCC(F)S(=O)(=O)O. The number of alkyl halides is 1. The molecule has 0 radical (unpaired) electrons. The summed E-state index contributed by atoms with van der Waals surface area (Å²) in [7, 11) is -4.49. The second-order valence-corrected chi connectivity index (χ2v) is 9.97. The number of hydrogen-bond donors (Lipinski definition) is 1. The van der Waals surface area contributed by atoms with Gasteiger partial charge in [-0.05, 0) is 12.8 Å². The minimum atomic E-state index is -4.49. The number of hydrogen-bond acceptors (Lipinski definition) is 2. The van der Waals surface area contributed by atoms with Crippen LogP contribution in [0.3, 0.4) is 0 Å². The third-order valence-electron chi connectivity index (χ3n) is 5.61. The molecule has 0 aromatic carbocycles. The molecule has 1 unspecified atom stereocenters. The molecule has 0 aliphatic rings. The van der Waals surface area contributed by atoms with Crippen LogP contribution >= 0.6 is 0 Å². The Kier molecular flexibility index (Phi) is 20.0. The van der Waals surface area contributed by atoms with E-state index in [9.17, 15) is 12.8 Å². The number of halogens is 1. The van der Waals surface area contributed by atoms with Crippen molar-refractivity contribution < 1.29 is 17.4 Å². The second-order valence-electron chi connectivity index (χ2n) is 8.43. The molecular weight excluding hydrogens is 375 g/mol. The molecule has 5 heteroatoms. The van der Waals surface area contributed by atoms with Gasteiger partial charge in [0.2, 0.25) is 5.50 Å². The lowest BCUT2D eigenvalue weighted by atomic mass is 10.0. The maximum atomic E-state index is 13.0. The van der Waals surface area contributed by atoms with E-state index in [0.29, 0.717) is 6.42 Å². The fourth-order valence-corrected chi connectivity index (χ4v) is 4.17. The molecule has 0 bridgehead atoms. The molecule has 0 saturated carbocycles. The molecule has 0 saturated heterocycles. The predicted octanol–water partition coefficient (Wildman–Crippen LogP) is 8.38. The Labute approximate surface area is 175 Å². The second kappa shape index (κ2) is 20.1. The first kappa shape index (κ1) is 27.8. The molecule has 0 rings (SSSR count). The first-order chi connectivity index (χ1) is 13.5. The van der Waals surface area contributed by atoms with Gasteiger partial charge in [-0.3, -0.25) is 4.55 Å². The minimum Gasteiger partial charge on any atom is -0.283 e. The zero-order valence-corrected chi connectivity index (χ0v) is 19.3. The van der Waals surface area contributed by atoms with E-state index in [0.717, 1.165) is 19.3 Å². The minimum absolute atomic E-state index is 0.0855. The molecule has 28 heavy (non-hydrogen) atoms. The van der Waals surface area contributed by atoms with Gasteiger partial charge in [-0.2, -0.15) is 8.42 Å². The average molecular weight is 423 g/mol. The van der Waals surface area contributed by atoms with Crippen molar-refractivity contribution >= 4 is 10.1 Å². The third kappa shape index (κ3) is 20.6. The third-order valence-corrected chi connectivity index (χ3v) is 6.49. The van der Waals surface area contributed by atoms with Gasteiger partial charge in [-0.25, -0.2) is 4.39 Å². The molecule has 0 aromatic heterocycles. The standard InChI is InChI=1S/C23H47FO3S/c1-2-3-4-5-6-7-8-9-10-11-12-13-14-15-16-17-18-19-20-21-22-23(24)28(25,26)27/h23H,2-22H2,1H3,(H,25,26,27). The summed E-state index contributed by atoms with van der Waals surface area (Å²) in [6, 6.07) is 0. The zero-order valence-electron chi connectivity index (χ0n) is 18.5. The summed E-state index contributed by atoms with van der Waals surface area (Å²) in [6.45, 7) is 2.27. The van der Waals surface area contributed by atoms with Gasteiger partial charge in [-0.1, -0.05) is 129 Å². The van der Waals surface area contributed by atoms with Gasteiger partial charge >= 0.3 is 0 Å². The Bertz CT molecular complexity index is 412. The molecule has 0 fully saturated rings. The first-order valence-electron chi connectivity index (χ1n) is 12.1. The Morgan fingerprint density at radius 1 is 0.571 bits per heavy atom. The van der Waals surface area contributed by atoms with E-state index in [1.807, 2.05) is 0 Å². The monoisotopic (exact) mass is 422 g/mol. The van der Waals surface area contributed by atoms with Crippen LogP contribution in [0.5, 0.6) is 0 Å². The lowest BCUT2D eigenvalue weighted by Gasteiger charge is -2.05. The molecule has 1 atom stereocenters. The smallest absolute Gasteiger partial charge is 0.283 e. The highest BCUT2D eigenvalue weighted by Gasteiger charge is 2.20. The van der Waals surface area contributed by atoms with Crippen LogP contribution < -0.4 is 0 Å². The van der Waals surface area contributed by atoms with Crippen LogP contribution in [0.15, 0.2) is 0 Å².